The quantitative estimate of drug-likeness (QED) is 0.157. The summed E-state index contributed by atoms with van der Waals surface area (Å²) in [5.41, 5.74) is 3.93. The van der Waals surface area contributed by atoms with Gasteiger partial charge < -0.3 is 13.9 Å². The summed E-state index contributed by atoms with van der Waals surface area (Å²) in [4.78, 5) is 12.9. The van der Waals surface area contributed by atoms with Gasteiger partial charge >= 0.3 is 0 Å². The second kappa shape index (κ2) is 14.3. The Kier molecular flexibility index (Phi) is 10.5. The highest BCUT2D eigenvalue weighted by Gasteiger charge is 2.28. The molecule has 0 saturated carbocycles. The number of hydrogen-bond acceptors (Lipinski definition) is 9. The maximum atomic E-state index is 13.6. The van der Waals surface area contributed by atoms with Gasteiger partial charge in [-0.1, -0.05) is 48.0 Å². The van der Waals surface area contributed by atoms with Crippen LogP contribution in [0.3, 0.4) is 0 Å². The fourth-order valence-electron chi connectivity index (χ4n) is 4.03. The third kappa shape index (κ3) is 8.32. The molecule has 0 saturated heterocycles. The number of amides is 1. The molecule has 4 aromatic rings. The predicted octanol–water partition coefficient (Wildman–Crippen LogP) is 3.42. The Bertz CT molecular complexity index is 1820. The number of rotatable bonds is 14. The van der Waals surface area contributed by atoms with Crippen LogP contribution >= 0.6 is 0 Å². The first kappa shape index (κ1) is 32.4. The summed E-state index contributed by atoms with van der Waals surface area (Å²) in [5.74, 6) is 0.456. The monoisotopic (exact) mass is 640 g/mol. The summed E-state index contributed by atoms with van der Waals surface area (Å²) in [7, 11) is -5.06. The van der Waals surface area contributed by atoms with E-state index in [1.807, 2.05) is 6.92 Å². The average Bonchev–Trinajstić information content (AvgIpc) is 3.48. The number of benzene rings is 3. The summed E-state index contributed by atoms with van der Waals surface area (Å²) in [6.07, 6.45) is 1.22. The number of methoxy groups -OCH3 is 2. The molecule has 14 heteroatoms. The number of hydrazone groups is 1. The van der Waals surface area contributed by atoms with E-state index in [1.165, 1.54) is 50.8 Å². The molecule has 1 aromatic heterocycles. The summed E-state index contributed by atoms with van der Waals surface area (Å²) in [5, 5.41) is 3.87. The second-order valence-corrected chi connectivity index (χ2v) is 13.2. The van der Waals surface area contributed by atoms with Crippen LogP contribution in [0.5, 0.6) is 11.5 Å². The van der Waals surface area contributed by atoms with E-state index in [2.05, 4.69) is 15.2 Å². The third-order valence-electron chi connectivity index (χ3n) is 6.35. The first-order chi connectivity index (χ1) is 21.0. The van der Waals surface area contributed by atoms with Crippen molar-refractivity contribution in [2.24, 2.45) is 5.10 Å². The van der Waals surface area contributed by atoms with Gasteiger partial charge in [0.2, 0.25) is 20.0 Å². The van der Waals surface area contributed by atoms with Crippen LogP contribution < -0.4 is 19.6 Å². The molecule has 0 bridgehead atoms. The molecule has 0 aliphatic rings. The van der Waals surface area contributed by atoms with Crippen molar-refractivity contribution in [3.8, 4) is 11.5 Å². The van der Waals surface area contributed by atoms with Crippen molar-refractivity contribution < 1.29 is 35.5 Å². The maximum Gasteiger partial charge on any atom is 0.255 e. The van der Waals surface area contributed by atoms with Crippen LogP contribution in [0, 0.1) is 6.92 Å². The fraction of sp³-hybridized carbons (Fsp3) is 0.200. The Morgan fingerprint density at radius 2 is 1.57 bits per heavy atom. The van der Waals surface area contributed by atoms with Crippen molar-refractivity contribution in [3.05, 3.63) is 108 Å². The molecule has 12 nitrogen and oxygen atoms in total. The van der Waals surface area contributed by atoms with Crippen LogP contribution in [0.15, 0.2) is 104 Å². The molecule has 0 aliphatic heterocycles. The van der Waals surface area contributed by atoms with Crippen LogP contribution in [0.25, 0.3) is 0 Å². The van der Waals surface area contributed by atoms with E-state index in [4.69, 9.17) is 13.9 Å². The van der Waals surface area contributed by atoms with Gasteiger partial charge in [-0.3, -0.25) is 4.79 Å². The molecular formula is C30H32N4O8S2. The fourth-order valence-corrected chi connectivity index (χ4v) is 6.42. The molecule has 0 spiro atoms. The summed E-state index contributed by atoms with van der Waals surface area (Å²) in [6.45, 7) is 1.15. The van der Waals surface area contributed by atoms with Crippen LogP contribution in [0.2, 0.25) is 0 Å². The lowest BCUT2D eigenvalue weighted by Gasteiger charge is -2.22. The van der Waals surface area contributed by atoms with E-state index in [1.54, 1.807) is 54.6 Å². The molecule has 0 atom stereocenters. The minimum absolute atomic E-state index is 0.0747. The Morgan fingerprint density at radius 1 is 0.886 bits per heavy atom. The summed E-state index contributed by atoms with van der Waals surface area (Å²) >= 11 is 0. The van der Waals surface area contributed by atoms with Crippen molar-refractivity contribution in [3.63, 3.8) is 0 Å². The summed E-state index contributed by atoms with van der Waals surface area (Å²) < 4.78 is 71.8. The average molecular weight is 641 g/mol. The Morgan fingerprint density at radius 3 is 2.25 bits per heavy atom. The van der Waals surface area contributed by atoms with Gasteiger partial charge in [0.1, 0.15) is 11.5 Å². The van der Waals surface area contributed by atoms with Gasteiger partial charge in [-0.05, 0) is 48.9 Å². The standard InChI is InChI=1S/C30H32N4O8S2/c1-22-9-13-26(14-10-22)43(36,37)32-19-25-12-11-24(42-25)18-31-33-30(35)21-34(20-23-7-5-4-6-8-23)44(38,39)27-15-16-28(40-2)29(17-27)41-3/h4-18,32H,19-21H2,1-3H3,(H,33,35)/b31-18-. The zero-order chi connectivity index (χ0) is 31.7. The van der Waals surface area contributed by atoms with Gasteiger partial charge in [-0.15, -0.1) is 0 Å². The van der Waals surface area contributed by atoms with Gasteiger partial charge in [0.25, 0.3) is 5.91 Å². The molecule has 232 valence electrons. The molecule has 3 aromatic carbocycles. The Labute approximate surface area is 256 Å². The first-order valence-electron chi connectivity index (χ1n) is 13.2. The molecule has 1 heterocycles. The Balaban J connectivity index is 1.41. The minimum Gasteiger partial charge on any atom is -0.493 e. The molecule has 4 rings (SSSR count). The number of nitrogens with one attached hydrogen (secondary N) is 2. The zero-order valence-electron chi connectivity index (χ0n) is 24.3. The highest BCUT2D eigenvalue weighted by Crippen LogP contribution is 2.31. The molecule has 0 unspecified atom stereocenters. The highest BCUT2D eigenvalue weighted by molar-refractivity contribution is 7.89. The van der Waals surface area contributed by atoms with Crippen molar-refractivity contribution in [1.82, 2.24) is 14.5 Å². The van der Waals surface area contributed by atoms with Crippen molar-refractivity contribution in [1.29, 1.82) is 0 Å². The van der Waals surface area contributed by atoms with Crippen LogP contribution in [-0.2, 0) is 37.9 Å². The van der Waals surface area contributed by atoms with E-state index >= 15 is 0 Å². The third-order valence-corrected chi connectivity index (χ3v) is 9.55. The van der Waals surface area contributed by atoms with E-state index in [-0.39, 0.29) is 34.4 Å². The SMILES string of the molecule is COc1ccc(S(=O)(=O)N(CC(=O)N/N=C\c2ccc(CNS(=O)(=O)c3ccc(C)cc3)o2)Cc2ccccc2)cc1OC. The van der Waals surface area contributed by atoms with E-state index in [0.29, 0.717) is 17.1 Å². The number of carbonyl (C=O) groups is 1. The molecular weight excluding hydrogens is 608 g/mol. The van der Waals surface area contributed by atoms with Gasteiger partial charge in [-0.25, -0.2) is 27.0 Å². The normalized spacial score (nSPS) is 12.0. The van der Waals surface area contributed by atoms with Crippen LogP contribution in [-0.4, -0.2) is 54.0 Å². The topological polar surface area (TPSA) is 157 Å². The lowest BCUT2D eigenvalue weighted by Crippen LogP contribution is -2.39. The molecule has 0 radical (unpaired) electrons. The maximum absolute atomic E-state index is 13.6. The smallest absolute Gasteiger partial charge is 0.255 e. The number of carbonyl (C=O) groups excluding carboxylic acids is 1. The highest BCUT2D eigenvalue weighted by atomic mass is 32.2. The van der Waals surface area contributed by atoms with Gasteiger partial charge in [0.15, 0.2) is 11.5 Å². The zero-order valence-corrected chi connectivity index (χ0v) is 25.9. The number of aryl methyl sites for hydroxylation is 1. The summed E-state index contributed by atoms with van der Waals surface area (Å²) in [6, 6.07) is 22.6. The van der Waals surface area contributed by atoms with Gasteiger partial charge in [0.05, 0.1) is 43.3 Å². The van der Waals surface area contributed by atoms with Gasteiger partial charge in [-0.2, -0.15) is 9.41 Å². The first-order valence-corrected chi connectivity index (χ1v) is 16.2. The molecule has 44 heavy (non-hydrogen) atoms. The van der Waals surface area contributed by atoms with Crippen molar-refractivity contribution in [2.45, 2.75) is 29.8 Å². The van der Waals surface area contributed by atoms with E-state index in [9.17, 15) is 21.6 Å². The molecule has 0 fully saturated rings. The number of hydrogen-bond donors (Lipinski definition) is 2. The predicted molar refractivity (Wildman–Crippen MR) is 163 cm³/mol. The van der Waals surface area contributed by atoms with Gasteiger partial charge in [0, 0.05) is 12.6 Å². The number of furan rings is 1. The molecule has 1 amide bonds. The van der Waals surface area contributed by atoms with Crippen LogP contribution in [0.4, 0.5) is 0 Å². The number of sulfonamides is 2. The number of ether oxygens (including phenoxy) is 2. The largest absolute Gasteiger partial charge is 0.493 e. The number of nitrogens with zero attached hydrogens (tertiary/aromatic N) is 2. The second-order valence-electron chi connectivity index (χ2n) is 9.51. The lowest BCUT2D eigenvalue weighted by atomic mass is 10.2. The van der Waals surface area contributed by atoms with Crippen molar-refractivity contribution >= 4 is 32.2 Å². The van der Waals surface area contributed by atoms with Crippen molar-refractivity contribution in [2.75, 3.05) is 20.8 Å². The molecule has 0 aliphatic carbocycles. The molecule has 2 N–H and O–H groups in total. The lowest BCUT2D eigenvalue weighted by molar-refractivity contribution is -0.121. The van der Waals surface area contributed by atoms with E-state index < -0.39 is 32.5 Å². The Hall–Kier alpha value is -4.50. The minimum atomic E-state index is -4.16. The van der Waals surface area contributed by atoms with Crippen LogP contribution in [0.1, 0.15) is 22.6 Å². The van der Waals surface area contributed by atoms with E-state index in [0.717, 1.165) is 9.87 Å².